The average molecular weight is 345 g/mol. The Kier molecular flexibility index (Phi) is 5.48. The number of benzene rings is 1. The van der Waals surface area contributed by atoms with E-state index in [0.29, 0.717) is 12.3 Å². The van der Waals surface area contributed by atoms with Gasteiger partial charge in [0.15, 0.2) is 0 Å². The fraction of sp³-hybridized carbons (Fsp3) is 0.444. The first-order valence-corrected chi connectivity index (χ1v) is 9.21. The van der Waals surface area contributed by atoms with E-state index in [-0.39, 0.29) is 18.1 Å². The fourth-order valence-electron chi connectivity index (χ4n) is 2.81. The summed E-state index contributed by atoms with van der Waals surface area (Å²) in [5.74, 6) is 0.493. The molecule has 6 heteroatoms. The van der Waals surface area contributed by atoms with Crippen LogP contribution < -0.4 is 10.6 Å². The van der Waals surface area contributed by atoms with Crippen molar-refractivity contribution in [3.05, 3.63) is 52.5 Å². The maximum Gasteiger partial charge on any atom is 0.315 e. The summed E-state index contributed by atoms with van der Waals surface area (Å²) in [6.45, 7) is 1.90. The highest BCUT2D eigenvalue weighted by Crippen LogP contribution is 2.41. The van der Waals surface area contributed by atoms with Gasteiger partial charge in [-0.15, -0.1) is 11.3 Å². The van der Waals surface area contributed by atoms with Crippen LogP contribution in [0.15, 0.2) is 41.9 Å². The molecule has 3 unspecified atom stereocenters. The van der Waals surface area contributed by atoms with E-state index < -0.39 is 6.10 Å². The third kappa shape index (κ3) is 4.55. The van der Waals surface area contributed by atoms with E-state index >= 15 is 0 Å². The van der Waals surface area contributed by atoms with E-state index in [1.165, 1.54) is 0 Å². The smallest absolute Gasteiger partial charge is 0.315 e. The van der Waals surface area contributed by atoms with E-state index in [9.17, 15) is 9.90 Å². The predicted octanol–water partition coefficient (Wildman–Crippen LogP) is 3.41. The maximum atomic E-state index is 12.3. The van der Waals surface area contributed by atoms with Gasteiger partial charge in [-0.05, 0) is 37.7 Å². The third-order valence-electron chi connectivity index (χ3n) is 4.24. The summed E-state index contributed by atoms with van der Waals surface area (Å²) < 4.78 is 0. The van der Waals surface area contributed by atoms with Crippen LogP contribution in [0.2, 0.25) is 0 Å². The van der Waals surface area contributed by atoms with Crippen molar-refractivity contribution in [3.63, 3.8) is 0 Å². The zero-order valence-electron chi connectivity index (χ0n) is 13.7. The van der Waals surface area contributed by atoms with Crippen LogP contribution in [0.3, 0.4) is 0 Å². The molecule has 5 nitrogen and oxygen atoms in total. The lowest BCUT2D eigenvalue weighted by atomic mass is 10.0. The third-order valence-corrected chi connectivity index (χ3v) is 5.09. The number of thiazole rings is 1. The zero-order valence-corrected chi connectivity index (χ0v) is 14.5. The van der Waals surface area contributed by atoms with Crippen molar-refractivity contribution >= 4 is 17.4 Å². The highest BCUT2D eigenvalue weighted by Gasteiger charge is 2.35. The largest absolute Gasteiger partial charge is 0.388 e. The molecular formula is C18H23N3O2S. The Hall–Kier alpha value is -1.92. The second-order valence-electron chi connectivity index (χ2n) is 6.37. The first-order chi connectivity index (χ1) is 11.6. The maximum absolute atomic E-state index is 12.3. The number of amides is 2. The number of carbonyl (C=O) groups is 1. The van der Waals surface area contributed by atoms with Crippen LogP contribution in [0.1, 0.15) is 48.9 Å². The topological polar surface area (TPSA) is 74.2 Å². The summed E-state index contributed by atoms with van der Waals surface area (Å²) in [5, 5.41) is 19.1. The van der Waals surface area contributed by atoms with Gasteiger partial charge in [0.05, 0.1) is 12.1 Å². The summed E-state index contributed by atoms with van der Waals surface area (Å²) >= 11 is 1.57. The fourth-order valence-corrected chi connectivity index (χ4v) is 3.59. The Morgan fingerprint density at radius 2 is 2.08 bits per heavy atom. The molecule has 1 fully saturated rings. The van der Waals surface area contributed by atoms with E-state index in [1.54, 1.807) is 17.5 Å². The molecule has 1 aromatic heterocycles. The van der Waals surface area contributed by atoms with Gasteiger partial charge >= 0.3 is 6.03 Å². The molecule has 0 aliphatic heterocycles. The van der Waals surface area contributed by atoms with Crippen molar-refractivity contribution in [1.82, 2.24) is 15.6 Å². The summed E-state index contributed by atoms with van der Waals surface area (Å²) in [4.78, 5) is 16.6. The number of nitrogens with zero attached hydrogens (tertiary/aromatic N) is 1. The van der Waals surface area contributed by atoms with Crippen LogP contribution >= 0.6 is 11.3 Å². The number of aliphatic hydroxyl groups excluding tert-OH is 1. The lowest BCUT2D eigenvalue weighted by molar-refractivity contribution is 0.154. The summed E-state index contributed by atoms with van der Waals surface area (Å²) in [5.41, 5.74) is 0.866. The number of hydrogen-bond acceptors (Lipinski definition) is 4. The molecule has 3 atom stereocenters. The molecule has 1 aliphatic rings. The predicted molar refractivity (Wildman–Crippen MR) is 94.7 cm³/mol. The second-order valence-corrected chi connectivity index (χ2v) is 7.29. The number of aromatic nitrogens is 1. The van der Waals surface area contributed by atoms with Gasteiger partial charge in [0.2, 0.25) is 0 Å². The van der Waals surface area contributed by atoms with Gasteiger partial charge in [-0.2, -0.15) is 0 Å². The number of rotatable bonds is 7. The summed E-state index contributed by atoms with van der Waals surface area (Å²) in [7, 11) is 0. The van der Waals surface area contributed by atoms with E-state index in [1.807, 2.05) is 42.6 Å². The number of nitrogens with one attached hydrogen (secondary N) is 2. The molecule has 24 heavy (non-hydrogen) atoms. The standard InChI is InChI=1S/C18H23N3O2S/c1-12(11-15(22)13-5-3-2-4-6-13)20-18(23)21-16(14-7-8-14)17-19-9-10-24-17/h2-6,9-10,12,14-16,22H,7-8,11H2,1H3,(H2,20,21,23). The van der Waals surface area contributed by atoms with Crippen LogP contribution in [0, 0.1) is 5.92 Å². The van der Waals surface area contributed by atoms with Crippen molar-refractivity contribution in [1.29, 1.82) is 0 Å². The van der Waals surface area contributed by atoms with Crippen LogP contribution in [0.25, 0.3) is 0 Å². The molecule has 0 radical (unpaired) electrons. The monoisotopic (exact) mass is 345 g/mol. The SMILES string of the molecule is CC(CC(O)c1ccccc1)NC(=O)NC(c1nccs1)C1CC1. The van der Waals surface area contributed by atoms with Gasteiger partial charge in [0, 0.05) is 17.6 Å². The van der Waals surface area contributed by atoms with Crippen molar-refractivity contribution in [2.24, 2.45) is 5.92 Å². The van der Waals surface area contributed by atoms with E-state index in [4.69, 9.17) is 0 Å². The van der Waals surface area contributed by atoms with Gasteiger partial charge in [0.1, 0.15) is 5.01 Å². The quantitative estimate of drug-likeness (QED) is 0.720. The summed E-state index contributed by atoms with van der Waals surface area (Å²) in [6.07, 6.45) is 3.93. The van der Waals surface area contributed by atoms with Crippen LogP contribution in [-0.2, 0) is 0 Å². The second kappa shape index (κ2) is 7.77. The first-order valence-electron chi connectivity index (χ1n) is 8.33. The zero-order chi connectivity index (χ0) is 16.9. The molecular weight excluding hydrogens is 322 g/mol. The minimum atomic E-state index is -0.584. The molecule has 2 aromatic rings. The first kappa shape index (κ1) is 16.9. The molecule has 0 saturated heterocycles. The van der Waals surface area contributed by atoms with Crippen LogP contribution in [0.4, 0.5) is 4.79 Å². The molecule has 3 rings (SSSR count). The Balaban J connectivity index is 1.50. The molecule has 0 spiro atoms. The van der Waals surface area contributed by atoms with Crippen LogP contribution in [-0.4, -0.2) is 22.2 Å². The molecule has 1 heterocycles. The van der Waals surface area contributed by atoms with Crippen molar-refractivity contribution in [2.75, 3.05) is 0 Å². The molecule has 128 valence electrons. The minimum absolute atomic E-state index is 0.00348. The van der Waals surface area contributed by atoms with Gasteiger partial charge in [-0.1, -0.05) is 30.3 Å². The molecule has 1 aromatic carbocycles. The van der Waals surface area contributed by atoms with Crippen molar-refractivity contribution < 1.29 is 9.90 Å². The van der Waals surface area contributed by atoms with Gasteiger partial charge < -0.3 is 15.7 Å². The lowest BCUT2D eigenvalue weighted by Crippen LogP contribution is -2.43. The minimum Gasteiger partial charge on any atom is -0.388 e. The van der Waals surface area contributed by atoms with Gasteiger partial charge in [-0.25, -0.2) is 9.78 Å². The molecule has 2 amide bonds. The number of carbonyl (C=O) groups excluding carboxylic acids is 1. The Morgan fingerprint density at radius 3 is 2.71 bits per heavy atom. The highest BCUT2D eigenvalue weighted by molar-refractivity contribution is 7.09. The lowest BCUT2D eigenvalue weighted by Gasteiger charge is -2.21. The van der Waals surface area contributed by atoms with Gasteiger partial charge in [0.25, 0.3) is 0 Å². The number of urea groups is 1. The molecule has 3 N–H and O–H groups in total. The average Bonchev–Trinajstić information content (AvgIpc) is 3.27. The van der Waals surface area contributed by atoms with Crippen molar-refractivity contribution in [2.45, 2.75) is 44.4 Å². The summed E-state index contributed by atoms with van der Waals surface area (Å²) in [6, 6.07) is 9.17. The Bertz CT molecular complexity index is 644. The molecule has 0 bridgehead atoms. The Morgan fingerprint density at radius 1 is 1.33 bits per heavy atom. The van der Waals surface area contributed by atoms with Crippen LogP contribution in [0.5, 0.6) is 0 Å². The van der Waals surface area contributed by atoms with E-state index in [0.717, 1.165) is 23.4 Å². The molecule has 1 saturated carbocycles. The van der Waals surface area contributed by atoms with Crippen molar-refractivity contribution in [3.8, 4) is 0 Å². The van der Waals surface area contributed by atoms with Gasteiger partial charge in [-0.3, -0.25) is 0 Å². The van der Waals surface area contributed by atoms with E-state index in [2.05, 4.69) is 15.6 Å². The normalized spacial score (nSPS) is 17.8. The number of hydrogen-bond donors (Lipinski definition) is 3. The number of aliphatic hydroxyl groups is 1. The Labute approximate surface area is 146 Å². The molecule has 1 aliphatic carbocycles. The highest BCUT2D eigenvalue weighted by atomic mass is 32.1.